The topological polar surface area (TPSA) is 80.7 Å². The highest BCUT2D eigenvalue weighted by atomic mass is 32.2. The van der Waals surface area contributed by atoms with Crippen molar-refractivity contribution in [1.82, 2.24) is 0 Å². The van der Waals surface area contributed by atoms with Gasteiger partial charge in [-0.1, -0.05) is 18.2 Å². The van der Waals surface area contributed by atoms with E-state index in [1.807, 2.05) is 18.2 Å². The van der Waals surface area contributed by atoms with Crippen LogP contribution < -0.4 is 0 Å². The number of carbonyl (C=O) groups is 1. The summed E-state index contributed by atoms with van der Waals surface area (Å²) in [7, 11) is -8.10. The molecule has 158 valence electrons. The Morgan fingerprint density at radius 3 is 1.56 bits per heavy atom. The number of benzene rings is 1. The summed E-state index contributed by atoms with van der Waals surface area (Å²) in [4.78, 5) is 10.2. The molecule has 14 heteroatoms. The third-order valence-electron chi connectivity index (χ3n) is 1.86. The Kier molecular flexibility index (Phi) is 11.3. The summed E-state index contributed by atoms with van der Waals surface area (Å²) in [6.07, 6.45) is -3.00. The predicted molar refractivity (Wildman–Crippen MR) is 91.3 cm³/mol. The molecule has 0 saturated heterocycles. The highest BCUT2D eigenvalue weighted by molar-refractivity contribution is 7.98. The summed E-state index contributed by atoms with van der Waals surface area (Å²) in [6, 6.07) is 10.3. The van der Waals surface area contributed by atoms with E-state index in [1.165, 1.54) is 24.5 Å². The summed E-state index contributed by atoms with van der Waals surface area (Å²) >= 11 is 1.77. The molecule has 0 heterocycles. The minimum absolute atomic E-state index is 1.33. The molecule has 0 radical (unpaired) electrons. The van der Waals surface area contributed by atoms with Crippen molar-refractivity contribution in [3.05, 3.63) is 30.3 Å². The zero-order valence-corrected chi connectivity index (χ0v) is 17.2. The Balaban J connectivity index is 0. The third-order valence-corrected chi connectivity index (χ3v) is 6.05. The van der Waals surface area contributed by atoms with Crippen LogP contribution in [0.1, 0.15) is 0 Å². The van der Waals surface area contributed by atoms with Gasteiger partial charge in [0.1, 0.15) is 0 Å². The predicted octanol–water partition coefficient (Wildman–Crippen LogP) is 4.73. The molecule has 1 N–H and O–H groups in total. The van der Waals surface area contributed by atoms with E-state index in [1.54, 1.807) is 11.8 Å². The van der Waals surface area contributed by atoms with Crippen LogP contribution in [0.2, 0.25) is 19.6 Å². The van der Waals surface area contributed by atoms with E-state index in [9.17, 15) is 34.8 Å². The molecule has 0 amide bonds. The van der Waals surface area contributed by atoms with E-state index < -0.39 is 36.1 Å². The fourth-order valence-electron chi connectivity index (χ4n) is 0.933. The molecule has 0 aliphatic heterocycles. The van der Waals surface area contributed by atoms with Crippen molar-refractivity contribution in [2.75, 3.05) is 6.26 Å². The first-order chi connectivity index (χ1) is 11.8. The largest absolute Gasteiger partial charge is 0.522 e. The van der Waals surface area contributed by atoms with Crippen LogP contribution >= 0.6 is 11.8 Å². The van der Waals surface area contributed by atoms with Crippen molar-refractivity contribution in [2.24, 2.45) is 0 Å². The van der Waals surface area contributed by atoms with Crippen molar-refractivity contribution >= 4 is 36.2 Å². The van der Waals surface area contributed by atoms with E-state index in [2.05, 4.69) is 22.3 Å². The second kappa shape index (κ2) is 10.9. The first kappa shape index (κ1) is 28.0. The van der Waals surface area contributed by atoms with Crippen LogP contribution in [0.15, 0.2) is 35.2 Å². The van der Waals surface area contributed by atoms with Crippen molar-refractivity contribution in [3.63, 3.8) is 0 Å². The lowest BCUT2D eigenvalue weighted by Gasteiger charge is -2.17. The fourth-order valence-corrected chi connectivity index (χ4v) is 4.37. The van der Waals surface area contributed by atoms with Gasteiger partial charge >= 0.3 is 27.8 Å². The summed E-state index contributed by atoms with van der Waals surface area (Å²) in [5.41, 5.74) is -5.31. The van der Waals surface area contributed by atoms with Crippen LogP contribution in [0.3, 0.4) is 0 Å². The highest BCUT2D eigenvalue weighted by Gasteiger charge is 2.49. The second-order valence-electron chi connectivity index (χ2n) is 5.42. The lowest BCUT2D eigenvalue weighted by molar-refractivity contribution is -0.192. The molecule has 0 saturated carbocycles. The maximum atomic E-state index is 11.7. The molecule has 27 heavy (non-hydrogen) atoms. The van der Waals surface area contributed by atoms with Crippen LogP contribution in [0, 0.1) is 0 Å². The Morgan fingerprint density at radius 2 is 1.41 bits per heavy atom. The van der Waals surface area contributed by atoms with Gasteiger partial charge in [-0.3, -0.25) is 0 Å². The normalized spacial score (nSPS) is 12.2. The molecular weight excluding hydrogens is 442 g/mol. The molecule has 0 spiro atoms. The van der Waals surface area contributed by atoms with Crippen molar-refractivity contribution in [1.29, 1.82) is 0 Å². The summed E-state index contributed by atoms with van der Waals surface area (Å²) < 4.78 is 91.4. The molecular formula is C13H18F6O5S2Si. The molecule has 0 unspecified atom stereocenters. The van der Waals surface area contributed by atoms with Crippen LogP contribution in [0.4, 0.5) is 26.3 Å². The van der Waals surface area contributed by atoms with E-state index >= 15 is 0 Å². The Bertz CT molecular complexity index is 669. The van der Waals surface area contributed by atoms with Crippen LogP contribution in [-0.2, 0) is 18.8 Å². The lowest BCUT2D eigenvalue weighted by atomic mass is 10.4. The van der Waals surface area contributed by atoms with E-state index in [0.29, 0.717) is 0 Å². The molecule has 0 bridgehead atoms. The fraction of sp³-hybridized carbons (Fsp3) is 0.462. The molecule has 0 aromatic heterocycles. The van der Waals surface area contributed by atoms with Gasteiger partial charge in [-0.05, 0) is 38.0 Å². The number of aliphatic carboxylic acids is 1. The smallest absolute Gasteiger partial charge is 0.475 e. The molecule has 0 fully saturated rings. The molecule has 0 atom stereocenters. The number of carboxylic acid groups (broad SMARTS) is 1. The van der Waals surface area contributed by atoms with E-state index in [0.717, 1.165) is 0 Å². The first-order valence-corrected chi connectivity index (χ1v) is 12.8. The molecule has 0 aliphatic rings. The van der Waals surface area contributed by atoms with Gasteiger partial charge in [-0.25, -0.2) is 4.79 Å². The van der Waals surface area contributed by atoms with Crippen LogP contribution in [0.5, 0.6) is 0 Å². The van der Waals surface area contributed by atoms with Crippen LogP contribution in [-0.4, -0.2) is 45.8 Å². The SMILES string of the molecule is CSc1ccccc1.C[Si](C)(C)OS(=O)(=O)C(F)(F)F.O=C(O)C(F)(F)F. The van der Waals surface area contributed by atoms with Gasteiger partial charge in [-0.15, -0.1) is 11.8 Å². The van der Waals surface area contributed by atoms with Gasteiger partial charge in [0.25, 0.3) is 0 Å². The minimum Gasteiger partial charge on any atom is -0.475 e. The molecule has 1 rings (SSSR count). The zero-order valence-electron chi connectivity index (χ0n) is 14.6. The number of alkyl halides is 6. The number of rotatable bonds is 3. The number of carboxylic acids is 1. The minimum atomic E-state index is -5.39. The highest BCUT2D eigenvalue weighted by Crippen LogP contribution is 2.27. The maximum absolute atomic E-state index is 11.7. The molecule has 0 aliphatic carbocycles. The second-order valence-corrected chi connectivity index (χ2v) is 12.6. The quantitative estimate of drug-likeness (QED) is 0.304. The van der Waals surface area contributed by atoms with Gasteiger partial charge in [0, 0.05) is 4.90 Å². The summed E-state index contributed by atoms with van der Waals surface area (Å²) in [5, 5.41) is 7.12. The lowest BCUT2D eigenvalue weighted by Crippen LogP contribution is -2.36. The first-order valence-electron chi connectivity index (χ1n) is 6.74. The number of halogens is 6. The van der Waals surface area contributed by atoms with Gasteiger partial charge in [0.05, 0.1) is 0 Å². The Hall–Kier alpha value is -1.25. The number of hydrogen-bond acceptors (Lipinski definition) is 5. The van der Waals surface area contributed by atoms with E-state index in [-0.39, 0.29) is 0 Å². The van der Waals surface area contributed by atoms with Crippen molar-refractivity contribution in [3.8, 4) is 0 Å². The summed E-state index contributed by atoms with van der Waals surface area (Å²) in [6.45, 7) is 4.07. The number of thioether (sulfide) groups is 1. The number of hydrogen-bond donors (Lipinski definition) is 1. The van der Waals surface area contributed by atoms with Gasteiger partial charge in [0.15, 0.2) is 0 Å². The Morgan fingerprint density at radius 1 is 1.04 bits per heavy atom. The van der Waals surface area contributed by atoms with Crippen molar-refractivity contribution in [2.45, 2.75) is 36.2 Å². The van der Waals surface area contributed by atoms with Crippen molar-refractivity contribution < 1.29 is 48.5 Å². The zero-order chi connectivity index (χ0) is 22.1. The van der Waals surface area contributed by atoms with Crippen LogP contribution in [0.25, 0.3) is 0 Å². The average Bonchev–Trinajstić information content (AvgIpc) is 2.44. The van der Waals surface area contributed by atoms with Gasteiger partial charge < -0.3 is 8.98 Å². The molecule has 1 aromatic rings. The standard InChI is InChI=1S/C7H8S.C4H9F3O3SSi.C2HF3O2/c1-8-7-5-3-2-4-6-7;1-12(2,3)10-11(8,9)4(5,6)7;3-2(4,5)1(6)7/h2-6H,1H3;1-3H3;(H,6,7). The monoisotopic (exact) mass is 460 g/mol. The molecule has 5 nitrogen and oxygen atoms in total. The third kappa shape index (κ3) is 14.5. The summed E-state index contributed by atoms with van der Waals surface area (Å²) in [5.74, 6) is -2.76. The van der Waals surface area contributed by atoms with Gasteiger partial charge in [0.2, 0.25) is 8.32 Å². The van der Waals surface area contributed by atoms with Gasteiger partial charge in [-0.2, -0.15) is 34.8 Å². The maximum Gasteiger partial charge on any atom is 0.522 e. The van der Waals surface area contributed by atoms with E-state index in [4.69, 9.17) is 9.90 Å². The Labute approximate surface area is 158 Å². The average molecular weight is 460 g/mol. The molecule has 1 aromatic carbocycles.